The highest BCUT2D eigenvalue weighted by Crippen LogP contribution is 2.39. The number of fused-ring (bicyclic) bond motifs is 1. The first kappa shape index (κ1) is 24.8. The number of carbonyl (C=O) groups excluding carboxylic acids is 1. The summed E-state index contributed by atoms with van der Waals surface area (Å²) in [5.74, 6) is 2.70. The van der Waals surface area contributed by atoms with Gasteiger partial charge in [-0.15, -0.1) is 0 Å². The summed E-state index contributed by atoms with van der Waals surface area (Å²) in [6.45, 7) is 6.88. The van der Waals surface area contributed by atoms with E-state index in [1.807, 2.05) is 18.3 Å². The van der Waals surface area contributed by atoms with E-state index in [4.69, 9.17) is 4.74 Å². The van der Waals surface area contributed by atoms with Crippen LogP contribution in [0.4, 0.5) is 5.82 Å². The Hall–Kier alpha value is -2.89. The molecule has 3 heterocycles. The van der Waals surface area contributed by atoms with Crippen LogP contribution < -0.4 is 5.32 Å². The molecule has 0 radical (unpaired) electrons. The number of carbonyl (C=O) groups is 1. The fourth-order valence-electron chi connectivity index (χ4n) is 6.35. The Labute approximate surface area is 214 Å². The van der Waals surface area contributed by atoms with Crippen molar-refractivity contribution in [3.05, 3.63) is 53.6 Å². The Bertz CT molecular complexity index is 1150. The number of ketones is 1. The predicted molar refractivity (Wildman–Crippen MR) is 145 cm³/mol. The number of H-pyrrole nitrogens is 1. The molecule has 2 atom stereocenters. The van der Waals surface area contributed by atoms with Gasteiger partial charge >= 0.3 is 0 Å². The van der Waals surface area contributed by atoms with Gasteiger partial charge in [0.25, 0.3) is 0 Å². The maximum absolute atomic E-state index is 13.4. The van der Waals surface area contributed by atoms with Crippen molar-refractivity contribution >= 4 is 22.5 Å². The summed E-state index contributed by atoms with van der Waals surface area (Å²) >= 11 is 0. The molecule has 36 heavy (non-hydrogen) atoms. The van der Waals surface area contributed by atoms with Crippen LogP contribution in [0.2, 0.25) is 0 Å². The highest BCUT2D eigenvalue weighted by Gasteiger charge is 2.31. The van der Waals surface area contributed by atoms with Crippen LogP contribution in [0, 0.1) is 11.8 Å². The molecular formula is C30H40N4O2. The number of aromatic amines is 1. The molecule has 2 aromatic rings. The van der Waals surface area contributed by atoms with Crippen molar-refractivity contribution in [2.45, 2.75) is 90.0 Å². The van der Waals surface area contributed by atoms with E-state index in [0.717, 1.165) is 65.9 Å². The minimum Gasteiger partial charge on any atom is -0.497 e. The van der Waals surface area contributed by atoms with Crippen molar-refractivity contribution < 1.29 is 9.53 Å². The van der Waals surface area contributed by atoms with Gasteiger partial charge in [-0.25, -0.2) is 4.98 Å². The Morgan fingerprint density at radius 2 is 2.08 bits per heavy atom. The van der Waals surface area contributed by atoms with Crippen LogP contribution in [0.25, 0.3) is 10.9 Å². The van der Waals surface area contributed by atoms with Gasteiger partial charge in [-0.2, -0.15) is 5.10 Å². The highest BCUT2D eigenvalue weighted by molar-refractivity contribution is 5.92. The van der Waals surface area contributed by atoms with E-state index in [1.165, 1.54) is 37.7 Å². The van der Waals surface area contributed by atoms with Gasteiger partial charge in [0.15, 0.2) is 0 Å². The average Bonchev–Trinajstić information content (AvgIpc) is 3.24. The number of allylic oxidation sites excluding steroid dienone is 4. The van der Waals surface area contributed by atoms with Crippen LogP contribution in [0.1, 0.15) is 83.2 Å². The lowest BCUT2D eigenvalue weighted by Gasteiger charge is -2.30. The molecule has 6 heteroatoms. The number of anilines is 1. The molecule has 2 unspecified atom stereocenters. The van der Waals surface area contributed by atoms with Gasteiger partial charge in [0.05, 0.1) is 17.5 Å². The molecule has 1 aliphatic heterocycles. The summed E-state index contributed by atoms with van der Waals surface area (Å²) in [5, 5.41) is 12.4. The molecule has 6 nitrogen and oxygen atoms in total. The SMILES string of the molecule is C=CC1=C(C2CCCC(C(=O)CCc3[nH]nc4ccnc(NC5CCCCC5)c34)C2)OCCC=C1C. The predicted octanol–water partition coefficient (Wildman–Crippen LogP) is 6.82. The van der Waals surface area contributed by atoms with Crippen molar-refractivity contribution in [3.63, 3.8) is 0 Å². The van der Waals surface area contributed by atoms with Gasteiger partial charge in [0.2, 0.25) is 0 Å². The molecular weight excluding hydrogens is 448 g/mol. The minimum absolute atomic E-state index is 0.0885. The lowest BCUT2D eigenvalue weighted by atomic mass is 9.76. The van der Waals surface area contributed by atoms with Crippen LogP contribution in [0.5, 0.6) is 0 Å². The molecule has 2 fully saturated rings. The first-order valence-electron chi connectivity index (χ1n) is 13.9. The fraction of sp³-hybridized carbons (Fsp3) is 0.567. The third-order valence-corrected chi connectivity index (χ3v) is 8.33. The van der Waals surface area contributed by atoms with Crippen molar-refractivity contribution in [1.82, 2.24) is 15.2 Å². The van der Waals surface area contributed by atoms with E-state index in [9.17, 15) is 4.79 Å². The number of hydrogen-bond acceptors (Lipinski definition) is 5. The lowest BCUT2D eigenvalue weighted by Crippen LogP contribution is -2.25. The molecule has 0 amide bonds. The average molecular weight is 489 g/mol. The third kappa shape index (κ3) is 5.42. The first-order chi connectivity index (χ1) is 17.6. The van der Waals surface area contributed by atoms with Gasteiger partial charge < -0.3 is 10.1 Å². The number of pyridine rings is 1. The molecule has 5 rings (SSSR count). The molecule has 0 spiro atoms. The molecule has 192 valence electrons. The molecule has 0 saturated heterocycles. The van der Waals surface area contributed by atoms with Crippen molar-refractivity contribution in [1.29, 1.82) is 0 Å². The largest absolute Gasteiger partial charge is 0.497 e. The number of aromatic nitrogens is 3. The number of Topliss-reactive ketones (excluding diaryl/α,β-unsaturated/α-hetero) is 1. The van der Waals surface area contributed by atoms with E-state index in [-0.39, 0.29) is 5.92 Å². The summed E-state index contributed by atoms with van der Waals surface area (Å²) in [6, 6.07) is 2.42. The standard InChI is InChI=1S/C30H40N4O2/c1-3-24-20(2)9-8-18-36-29(24)22-11-7-10-21(19-22)27(35)15-14-25-28-26(34-33-25)16-17-31-30(28)32-23-12-5-4-6-13-23/h3,9,16-17,21-23H,1,4-8,10-15,18-19H2,2H3,(H,31,32)(H,33,34). The zero-order chi connectivity index (χ0) is 24.9. The van der Waals surface area contributed by atoms with Gasteiger partial charge in [-0.1, -0.05) is 44.4 Å². The lowest BCUT2D eigenvalue weighted by molar-refractivity contribution is -0.124. The molecule has 3 aliphatic rings. The van der Waals surface area contributed by atoms with Crippen molar-refractivity contribution in [2.24, 2.45) is 11.8 Å². The quantitative estimate of drug-likeness (QED) is 0.426. The number of nitrogens with one attached hydrogen (secondary N) is 2. The smallest absolute Gasteiger partial charge is 0.137 e. The maximum atomic E-state index is 13.4. The number of rotatable bonds is 8. The second kappa shape index (κ2) is 11.4. The van der Waals surface area contributed by atoms with Crippen LogP contribution >= 0.6 is 0 Å². The molecule has 2 N–H and O–H groups in total. The topological polar surface area (TPSA) is 79.9 Å². The highest BCUT2D eigenvalue weighted by atomic mass is 16.5. The summed E-state index contributed by atoms with van der Waals surface area (Å²) < 4.78 is 6.20. The molecule has 2 aromatic heterocycles. The van der Waals surface area contributed by atoms with Crippen LogP contribution in [0.15, 0.2) is 47.9 Å². The van der Waals surface area contributed by atoms with E-state index >= 15 is 0 Å². The maximum Gasteiger partial charge on any atom is 0.137 e. The van der Waals surface area contributed by atoms with E-state index < -0.39 is 0 Å². The second-order valence-electron chi connectivity index (χ2n) is 10.8. The van der Waals surface area contributed by atoms with Crippen molar-refractivity contribution in [2.75, 3.05) is 11.9 Å². The second-order valence-corrected chi connectivity index (χ2v) is 10.8. The third-order valence-electron chi connectivity index (χ3n) is 8.33. The first-order valence-corrected chi connectivity index (χ1v) is 13.9. The Kier molecular flexibility index (Phi) is 7.88. The summed E-state index contributed by atoms with van der Waals surface area (Å²) in [7, 11) is 0. The van der Waals surface area contributed by atoms with E-state index in [0.29, 0.717) is 37.2 Å². The molecule has 2 aliphatic carbocycles. The number of ether oxygens (including phenoxy) is 1. The van der Waals surface area contributed by atoms with Crippen LogP contribution in [0.3, 0.4) is 0 Å². The monoisotopic (exact) mass is 488 g/mol. The molecule has 2 saturated carbocycles. The van der Waals surface area contributed by atoms with Crippen molar-refractivity contribution in [3.8, 4) is 0 Å². The Balaban J connectivity index is 1.26. The van der Waals surface area contributed by atoms with Crippen LogP contribution in [-0.4, -0.2) is 33.6 Å². The number of nitrogens with zero attached hydrogens (tertiary/aromatic N) is 2. The van der Waals surface area contributed by atoms with Gasteiger partial charge in [-0.3, -0.25) is 9.89 Å². The van der Waals surface area contributed by atoms with E-state index in [2.05, 4.69) is 40.1 Å². The minimum atomic E-state index is 0.0885. The molecule has 0 aromatic carbocycles. The van der Waals surface area contributed by atoms with Gasteiger partial charge in [-0.05, 0) is 63.5 Å². The summed E-state index contributed by atoms with van der Waals surface area (Å²) in [4.78, 5) is 18.0. The van der Waals surface area contributed by atoms with Gasteiger partial charge in [0.1, 0.15) is 17.4 Å². The number of hydrogen-bond donors (Lipinski definition) is 2. The zero-order valence-electron chi connectivity index (χ0n) is 21.7. The molecule has 0 bridgehead atoms. The zero-order valence-corrected chi connectivity index (χ0v) is 21.7. The van der Waals surface area contributed by atoms with Gasteiger partial charge in [0, 0.05) is 41.8 Å². The van der Waals surface area contributed by atoms with Crippen LogP contribution in [-0.2, 0) is 16.0 Å². The Morgan fingerprint density at radius 3 is 2.92 bits per heavy atom. The van der Waals surface area contributed by atoms with E-state index in [1.54, 1.807) is 0 Å². The fourth-order valence-corrected chi connectivity index (χ4v) is 6.35. The summed E-state index contributed by atoms with van der Waals surface area (Å²) in [6.07, 6.45) is 18.3. The Morgan fingerprint density at radius 1 is 1.22 bits per heavy atom. The normalized spacial score (nSPS) is 23.6. The summed E-state index contributed by atoms with van der Waals surface area (Å²) in [5.41, 5.74) is 4.30. The number of aryl methyl sites for hydroxylation is 1.